The van der Waals surface area contributed by atoms with E-state index in [4.69, 9.17) is 4.74 Å². The van der Waals surface area contributed by atoms with Gasteiger partial charge in [-0.3, -0.25) is 0 Å². The SMILES string of the molecule is CCCN(C)c1nccc(C)c1OC. The van der Waals surface area contributed by atoms with E-state index in [0.717, 1.165) is 30.1 Å². The Hall–Kier alpha value is -1.25. The van der Waals surface area contributed by atoms with E-state index in [-0.39, 0.29) is 0 Å². The molecule has 0 spiro atoms. The molecule has 0 amide bonds. The third kappa shape index (κ3) is 2.16. The van der Waals surface area contributed by atoms with E-state index in [1.165, 1.54) is 0 Å². The Morgan fingerprint density at radius 3 is 2.79 bits per heavy atom. The molecular weight excluding hydrogens is 176 g/mol. The second-order valence-corrected chi connectivity index (χ2v) is 3.41. The molecule has 0 atom stereocenters. The molecule has 1 rings (SSSR count). The molecule has 14 heavy (non-hydrogen) atoms. The summed E-state index contributed by atoms with van der Waals surface area (Å²) in [6.07, 6.45) is 2.93. The Kier molecular flexibility index (Phi) is 3.74. The van der Waals surface area contributed by atoms with Gasteiger partial charge in [0.1, 0.15) is 0 Å². The van der Waals surface area contributed by atoms with E-state index in [1.54, 1.807) is 7.11 Å². The number of rotatable bonds is 4. The highest BCUT2D eigenvalue weighted by molar-refractivity contribution is 5.55. The van der Waals surface area contributed by atoms with Gasteiger partial charge in [-0.15, -0.1) is 0 Å². The zero-order valence-electron chi connectivity index (χ0n) is 9.37. The first-order chi connectivity index (χ1) is 6.70. The zero-order valence-corrected chi connectivity index (χ0v) is 9.37. The predicted octanol–water partition coefficient (Wildman–Crippen LogP) is 2.24. The van der Waals surface area contributed by atoms with Crippen LogP contribution in [0.1, 0.15) is 18.9 Å². The van der Waals surface area contributed by atoms with Crippen molar-refractivity contribution < 1.29 is 4.74 Å². The molecule has 0 aliphatic rings. The normalized spacial score (nSPS) is 10.0. The summed E-state index contributed by atoms with van der Waals surface area (Å²) in [4.78, 5) is 6.45. The van der Waals surface area contributed by atoms with Gasteiger partial charge in [0.05, 0.1) is 7.11 Å². The first kappa shape index (κ1) is 10.8. The van der Waals surface area contributed by atoms with Crippen molar-refractivity contribution in [3.05, 3.63) is 17.8 Å². The maximum Gasteiger partial charge on any atom is 0.171 e. The molecule has 0 unspecified atom stereocenters. The number of pyridine rings is 1. The largest absolute Gasteiger partial charge is 0.493 e. The van der Waals surface area contributed by atoms with E-state index in [9.17, 15) is 0 Å². The van der Waals surface area contributed by atoms with E-state index >= 15 is 0 Å². The third-order valence-corrected chi connectivity index (χ3v) is 2.21. The molecule has 1 aromatic heterocycles. The van der Waals surface area contributed by atoms with Gasteiger partial charge in [0.2, 0.25) is 0 Å². The van der Waals surface area contributed by atoms with Crippen molar-refractivity contribution in [3.63, 3.8) is 0 Å². The summed E-state index contributed by atoms with van der Waals surface area (Å²) in [5.41, 5.74) is 1.13. The molecule has 3 nitrogen and oxygen atoms in total. The lowest BCUT2D eigenvalue weighted by Gasteiger charge is -2.20. The highest BCUT2D eigenvalue weighted by Gasteiger charge is 2.10. The summed E-state index contributed by atoms with van der Waals surface area (Å²) in [5, 5.41) is 0. The number of methoxy groups -OCH3 is 1. The van der Waals surface area contributed by atoms with Crippen LogP contribution >= 0.6 is 0 Å². The second kappa shape index (κ2) is 4.84. The Morgan fingerprint density at radius 1 is 1.50 bits per heavy atom. The van der Waals surface area contributed by atoms with Gasteiger partial charge in [-0.2, -0.15) is 0 Å². The summed E-state index contributed by atoms with van der Waals surface area (Å²) < 4.78 is 5.34. The standard InChI is InChI=1S/C11H18N2O/c1-5-8-13(3)11-10(14-4)9(2)6-7-12-11/h6-7H,5,8H2,1-4H3. The Bertz CT molecular complexity index is 299. The highest BCUT2D eigenvalue weighted by Crippen LogP contribution is 2.27. The second-order valence-electron chi connectivity index (χ2n) is 3.41. The topological polar surface area (TPSA) is 25.4 Å². The van der Waals surface area contributed by atoms with Crippen molar-refractivity contribution in [1.82, 2.24) is 4.98 Å². The van der Waals surface area contributed by atoms with Crippen molar-refractivity contribution in [2.45, 2.75) is 20.3 Å². The van der Waals surface area contributed by atoms with Gasteiger partial charge in [0.15, 0.2) is 11.6 Å². The van der Waals surface area contributed by atoms with E-state index in [1.807, 2.05) is 26.2 Å². The van der Waals surface area contributed by atoms with E-state index in [0.29, 0.717) is 0 Å². The number of hydrogen-bond acceptors (Lipinski definition) is 3. The molecule has 0 aliphatic heterocycles. The minimum atomic E-state index is 0.878. The van der Waals surface area contributed by atoms with E-state index < -0.39 is 0 Å². The van der Waals surface area contributed by atoms with Crippen LogP contribution in [0, 0.1) is 6.92 Å². The zero-order chi connectivity index (χ0) is 10.6. The minimum Gasteiger partial charge on any atom is -0.493 e. The summed E-state index contributed by atoms with van der Waals surface area (Å²) in [6, 6.07) is 1.96. The molecule has 0 saturated carbocycles. The van der Waals surface area contributed by atoms with Crippen LogP contribution in [0.25, 0.3) is 0 Å². The Morgan fingerprint density at radius 2 is 2.21 bits per heavy atom. The van der Waals surface area contributed by atoms with Crippen LogP contribution in [0.15, 0.2) is 12.3 Å². The lowest BCUT2D eigenvalue weighted by atomic mass is 10.2. The minimum absolute atomic E-state index is 0.878. The number of aryl methyl sites for hydroxylation is 1. The van der Waals surface area contributed by atoms with Gasteiger partial charge < -0.3 is 9.64 Å². The lowest BCUT2D eigenvalue weighted by molar-refractivity contribution is 0.410. The van der Waals surface area contributed by atoms with Gasteiger partial charge in [-0.25, -0.2) is 4.98 Å². The van der Waals surface area contributed by atoms with Crippen molar-refractivity contribution in [2.75, 3.05) is 25.6 Å². The van der Waals surface area contributed by atoms with Crippen LogP contribution in [0.5, 0.6) is 5.75 Å². The summed E-state index contributed by atoms with van der Waals surface area (Å²) >= 11 is 0. The fraction of sp³-hybridized carbons (Fsp3) is 0.545. The molecule has 0 N–H and O–H groups in total. The monoisotopic (exact) mass is 194 g/mol. The molecule has 0 bridgehead atoms. The highest BCUT2D eigenvalue weighted by atomic mass is 16.5. The quantitative estimate of drug-likeness (QED) is 0.735. The molecule has 0 radical (unpaired) electrons. The predicted molar refractivity (Wildman–Crippen MR) is 59.1 cm³/mol. The van der Waals surface area contributed by atoms with Gasteiger partial charge in [-0.05, 0) is 25.0 Å². The Balaban J connectivity index is 3.00. The number of ether oxygens (including phenoxy) is 1. The van der Waals surface area contributed by atoms with Gasteiger partial charge in [0.25, 0.3) is 0 Å². The maximum atomic E-state index is 5.34. The average molecular weight is 194 g/mol. The molecule has 0 aliphatic carbocycles. The van der Waals surface area contributed by atoms with Crippen LogP contribution < -0.4 is 9.64 Å². The number of aromatic nitrogens is 1. The first-order valence-corrected chi connectivity index (χ1v) is 4.91. The maximum absolute atomic E-state index is 5.34. The fourth-order valence-corrected chi connectivity index (χ4v) is 1.50. The average Bonchev–Trinajstić information content (AvgIpc) is 2.17. The number of hydrogen-bond donors (Lipinski definition) is 0. The number of nitrogens with zero attached hydrogens (tertiary/aromatic N) is 2. The van der Waals surface area contributed by atoms with Crippen LogP contribution in [-0.4, -0.2) is 25.7 Å². The van der Waals surface area contributed by atoms with Crippen molar-refractivity contribution >= 4 is 5.82 Å². The first-order valence-electron chi connectivity index (χ1n) is 4.91. The fourth-order valence-electron chi connectivity index (χ4n) is 1.50. The van der Waals surface area contributed by atoms with Crippen LogP contribution in [0.4, 0.5) is 5.82 Å². The van der Waals surface area contributed by atoms with Crippen LogP contribution in [0.3, 0.4) is 0 Å². The Labute approximate surface area is 85.7 Å². The van der Waals surface area contributed by atoms with Crippen molar-refractivity contribution in [3.8, 4) is 5.75 Å². The van der Waals surface area contributed by atoms with Crippen molar-refractivity contribution in [1.29, 1.82) is 0 Å². The lowest BCUT2D eigenvalue weighted by Crippen LogP contribution is -2.20. The van der Waals surface area contributed by atoms with E-state index in [2.05, 4.69) is 16.8 Å². The molecular formula is C11H18N2O. The summed E-state index contributed by atoms with van der Waals surface area (Å²) in [6.45, 7) is 5.18. The van der Waals surface area contributed by atoms with Gasteiger partial charge in [-0.1, -0.05) is 6.92 Å². The van der Waals surface area contributed by atoms with Gasteiger partial charge in [0, 0.05) is 19.8 Å². The molecule has 78 valence electrons. The molecule has 1 aromatic rings. The molecule has 0 saturated heterocycles. The summed E-state index contributed by atoms with van der Waals surface area (Å²) in [7, 11) is 3.72. The molecule has 0 aromatic carbocycles. The third-order valence-electron chi connectivity index (χ3n) is 2.21. The number of anilines is 1. The summed E-state index contributed by atoms with van der Waals surface area (Å²) in [5.74, 6) is 1.80. The molecule has 1 heterocycles. The smallest absolute Gasteiger partial charge is 0.171 e. The molecule has 3 heteroatoms. The van der Waals surface area contributed by atoms with Crippen LogP contribution in [-0.2, 0) is 0 Å². The van der Waals surface area contributed by atoms with Crippen molar-refractivity contribution in [2.24, 2.45) is 0 Å². The van der Waals surface area contributed by atoms with Crippen LogP contribution in [0.2, 0.25) is 0 Å². The van der Waals surface area contributed by atoms with Gasteiger partial charge >= 0.3 is 0 Å². The molecule has 0 fully saturated rings.